The molecule has 1 nitrogen and oxygen atoms in total. The summed E-state index contributed by atoms with van der Waals surface area (Å²) >= 11 is 2.07. The van der Waals surface area contributed by atoms with Crippen LogP contribution < -0.4 is 5.32 Å². The van der Waals surface area contributed by atoms with Crippen molar-refractivity contribution in [1.82, 2.24) is 5.32 Å². The fourth-order valence-electron chi connectivity index (χ4n) is 1.91. The Morgan fingerprint density at radius 2 is 2.13 bits per heavy atom. The fourth-order valence-corrected chi connectivity index (χ4v) is 2.97. The third-order valence-corrected chi connectivity index (χ3v) is 4.08. The third kappa shape index (κ3) is 2.99. The molecular formula is C13H19NS. The van der Waals surface area contributed by atoms with Gasteiger partial charge in [-0.25, -0.2) is 0 Å². The van der Waals surface area contributed by atoms with E-state index in [4.69, 9.17) is 0 Å². The molecule has 0 radical (unpaired) electrons. The van der Waals surface area contributed by atoms with E-state index in [1.54, 1.807) is 0 Å². The zero-order valence-corrected chi connectivity index (χ0v) is 10.1. The molecule has 82 valence electrons. The molecule has 1 aromatic rings. The quantitative estimate of drug-likeness (QED) is 0.824. The topological polar surface area (TPSA) is 12.0 Å². The smallest absolute Gasteiger partial charge is 0.0411 e. The molecule has 1 atom stereocenters. The molecule has 1 fully saturated rings. The van der Waals surface area contributed by atoms with E-state index in [9.17, 15) is 0 Å². The highest BCUT2D eigenvalue weighted by Gasteiger charge is 2.13. The molecule has 1 heterocycles. The molecule has 1 N–H and O–H groups in total. The van der Waals surface area contributed by atoms with Gasteiger partial charge < -0.3 is 5.32 Å². The average molecular weight is 221 g/mol. The number of hydrogen-bond acceptors (Lipinski definition) is 2. The van der Waals surface area contributed by atoms with Crippen molar-refractivity contribution >= 4 is 11.8 Å². The van der Waals surface area contributed by atoms with Crippen LogP contribution in [-0.4, -0.2) is 18.1 Å². The minimum atomic E-state index is 0.559. The first-order valence-electron chi connectivity index (χ1n) is 5.80. The third-order valence-electron chi connectivity index (χ3n) is 2.93. The lowest BCUT2D eigenvalue weighted by Crippen LogP contribution is -2.22. The van der Waals surface area contributed by atoms with E-state index in [-0.39, 0.29) is 0 Å². The maximum Gasteiger partial charge on any atom is 0.0411 e. The summed E-state index contributed by atoms with van der Waals surface area (Å²) in [6.45, 7) is 3.36. The van der Waals surface area contributed by atoms with Crippen LogP contribution in [0.1, 0.15) is 30.5 Å². The second-order valence-corrected chi connectivity index (χ2v) is 5.18. The van der Waals surface area contributed by atoms with Crippen LogP contribution in [0.15, 0.2) is 24.3 Å². The molecule has 1 aliphatic rings. The van der Waals surface area contributed by atoms with Gasteiger partial charge in [0, 0.05) is 11.8 Å². The van der Waals surface area contributed by atoms with E-state index in [1.165, 1.54) is 29.1 Å². The molecule has 0 aliphatic carbocycles. The van der Waals surface area contributed by atoms with E-state index in [1.807, 2.05) is 0 Å². The molecule has 0 spiro atoms. The zero-order valence-electron chi connectivity index (χ0n) is 9.33. The van der Waals surface area contributed by atoms with E-state index < -0.39 is 0 Å². The first kappa shape index (κ1) is 11.0. The molecule has 0 aromatic heterocycles. The number of rotatable bonds is 2. The normalized spacial score (nSPS) is 22.3. The number of hydrogen-bond donors (Lipinski definition) is 1. The van der Waals surface area contributed by atoms with Gasteiger partial charge >= 0.3 is 0 Å². The SMILES string of the molecule is CCc1ccc(C2CSCCCN2)cc1. The summed E-state index contributed by atoms with van der Waals surface area (Å²) in [6.07, 6.45) is 2.43. The molecule has 0 saturated carbocycles. The predicted molar refractivity (Wildman–Crippen MR) is 68.5 cm³/mol. The minimum absolute atomic E-state index is 0.559. The van der Waals surface area contributed by atoms with Crippen LogP contribution in [-0.2, 0) is 6.42 Å². The van der Waals surface area contributed by atoms with E-state index in [2.05, 4.69) is 48.3 Å². The van der Waals surface area contributed by atoms with Crippen molar-refractivity contribution in [2.45, 2.75) is 25.8 Å². The van der Waals surface area contributed by atoms with Gasteiger partial charge in [-0.3, -0.25) is 0 Å². The number of aryl methyl sites for hydroxylation is 1. The van der Waals surface area contributed by atoms with E-state index >= 15 is 0 Å². The van der Waals surface area contributed by atoms with Crippen LogP contribution in [0.25, 0.3) is 0 Å². The number of nitrogens with one attached hydrogen (secondary N) is 1. The van der Waals surface area contributed by atoms with Crippen LogP contribution >= 0.6 is 11.8 Å². The zero-order chi connectivity index (χ0) is 10.5. The lowest BCUT2D eigenvalue weighted by atomic mass is 10.0. The molecular weight excluding hydrogens is 202 g/mol. The molecule has 1 aromatic carbocycles. The lowest BCUT2D eigenvalue weighted by Gasteiger charge is -2.15. The van der Waals surface area contributed by atoms with Gasteiger partial charge in [-0.05, 0) is 36.3 Å². The Morgan fingerprint density at radius 1 is 1.33 bits per heavy atom. The van der Waals surface area contributed by atoms with Crippen LogP contribution in [0.4, 0.5) is 0 Å². The van der Waals surface area contributed by atoms with Gasteiger partial charge in [0.2, 0.25) is 0 Å². The van der Waals surface area contributed by atoms with Crippen LogP contribution in [0, 0.1) is 0 Å². The molecule has 15 heavy (non-hydrogen) atoms. The fraction of sp³-hybridized carbons (Fsp3) is 0.538. The molecule has 1 saturated heterocycles. The highest BCUT2D eigenvalue weighted by atomic mass is 32.2. The maximum absolute atomic E-state index is 3.61. The molecule has 1 unspecified atom stereocenters. The van der Waals surface area contributed by atoms with E-state index in [0.29, 0.717) is 6.04 Å². The van der Waals surface area contributed by atoms with Gasteiger partial charge in [-0.15, -0.1) is 0 Å². The Hall–Kier alpha value is -0.470. The summed E-state index contributed by atoms with van der Waals surface area (Å²) in [7, 11) is 0. The highest BCUT2D eigenvalue weighted by molar-refractivity contribution is 7.99. The Labute approximate surface area is 96.7 Å². The number of thioether (sulfide) groups is 1. The predicted octanol–water partition coefficient (Wildman–Crippen LogP) is 3.02. The Balaban J connectivity index is 2.06. The van der Waals surface area contributed by atoms with Crippen molar-refractivity contribution in [3.05, 3.63) is 35.4 Å². The summed E-state index contributed by atoms with van der Waals surface area (Å²) in [5, 5.41) is 3.61. The second-order valence-electron chi connectivity index (χ2n) is 4.03. The molecule has 0 bridgehead atoms. The van der Waals surface area contributed by atoms with Crippen LogP contribution in [0.5, 0.6) is 0 Å². The number of benzene rings is 1. The summed E-state index contributed by atoms with van der Waals surface area (Å²) in [4.78, 5) is 0. The average Bonchev–Trinajstić information content (AvgIpc) is 2.58. The minimum Gasteiger partial charge on any atom is -0.309 e. The summed E-state index contributed by atoms with van der Waals surface area (Å²) < 4.78 is 0. The van der Waals surface area contributed by atoms with Crippen LogP contribution in [0.3, 0.4) is 0 Å². The monoisotopic (exact) mass is 221 g/mol. The van der Waals surface area contributed by atoms with Gasteiger partial charge in [0.15, 0.2) is 0 Å². The summed E-state index contributed by atoms with van der Waals surface area (Å²) in [6, 6.07) is 9.63. The van der Waals surface area contributed by atoms with Gasteiger partial charge in [-0.1, -0.05) is 31.2 Å². The second kappa shape index (κ2) is 5.57. The lowest BCUT2D eigenvalue weighted by molar-refractivity contribution is 0.589. The van der Waals surface area contributed by atoms with Crippen LogP contribution in [0.2, 0.25) is 0 Å². The van der Waals surface area contributed by atoms with Crippen molar-refractivity contribution in [2.24, 2.45) is 0 Å². The largest absolute Gasteiger partial charge is 0.309 e. The van der Waals surface area contributed by atoms with Crippen molar-refractivity contribution in [3.8, 4) is 0 Å². The Bertz CT molecular complexity index is 286. The van der Waals surface area contributed by atoms with E-state index in [0.717, 1.165) is 13.0 Å². The Morgan fingerprint density at radius 3 is 2.87 bits per heavy atom. The van der Waals surface area contributed by atoms with Gasteiger partial charge in [0.05, 0.1) is 0 Å². The van der Waals surface area contributed by atoms with Crippen molar-refractivity contribution in [1.29, 1.82) is 0 Å². The van der Waals surface area contributed by atoms with Crippen molar-refractivity contribution in [3.63, 3.8) is 0 Å². The van der Waals surface area contributed by atoms with Gasteiger partial charge in [0.25, 0.3) is 0 Å². The summed E-state index contributed by atoms with van der Waals surface area (Å²) in [5.74, 6) is 2.52. The Kier molecular flexibility index (Phi) is 4.09. The molecule has 2 rings (SSSR count). The first-order valence-corrected chi connectivity index (χ1v) is 6.95. The van der Waals surface area contributed by atoms with Crippen molar-refractivity contribution < 1.29 is 0 Å². The first-order chi connectivity index (χ1) is 7.40. The molecule has 0 amide bonds. The van der Waals surface area contributed by atoms with Gasteiger partial charge in [0.1, 0.15) is 0 Å². The van der Waals surface area contributed by atoms with Gasteiger partial charge in [-0.2, -0.15) is 11.8 Å². The molecule has 1 aliphatic heterocycles. The highest BCUT2D eigenvalue weighted by Crippen LogP contribution is 2.21. The maximum atomic E-state index is 3.61. The standard InChI is InChI=1S/C13H19NS/c1-2-11-4-6-12(7-5-11)13-10-15-9-3-8-14-13/h4-7,13-14H,2-3,8-10H2,1H3. The summed E-state index contributed by atoms with van der Waals surface area (Å²) in [5.41, 5.74) is 2.88. The molecule has 2 heteroatoms. The van der Waals surface area contributed by atoms with Crippen molar-refractivity contribution in [2.75, 3.05) is 18.1 Å².